The molecule has 3 amide bonds. The summed E-state index contributed by atoms with van der Waals surface area (Å²) in [5, 5.41) is 6.79. The standard InChI is InChI=1S/C18H28N4O4/c1-12-15(16(20-26-12)18(3,4)5)17(25)19-7-6-14(24)22-10-8-21(9-11-22)13(2)23/h6-11H2,1-5H3,(H,19,25). The first-order valence-electron chi connectivity index (χ1n) is 8.89. The van der Waals surface area contributed by atoms with Gasteiger partial charge in [0.25, 0.3) is 5.91 Å². The summed E-state index contributed by atoms with van der Waals surface area (Å²) in [5.74, 6) is 0.205. The number of nitrogens with zero attached hydrogens (tertiary/aromatic N) is 3. The number of piperazine rings is 1. The van der Waals surface area contributed by atoms with Crippen molar-refractivity contribution in [1.29, 1.82) is 0 Å². The van der Waals surface area contributed by atoms with Gasteiger partial charge in [-0.3, -0.25) is 14.4 Å². The van der Waals surface area contributed by atoms with Gasteiger partial charge < -0.3 is 19.6 Å². The number of carbonyl (C=O) groups is 3. The number of aromatic nitrogens is 1. The number of aryl methyl sites for hydroxylation is 1. The molecular weight excluding hydrogens is 336 g/mol. The summed E-state index contributed by atoms with van der Waals surface area (Å²) in [4.78, 5) is 39.6. The Hall–Kier alpha value is -2.38. The van der Waals surface area contributed by atoms with E-state index in [2.05, 4.69) is 10.5 Å². The Morgan fingerprint density at radius 2 is 1.69 bits per heavy atom. The van der Waals surface area contributed by atoms with Crippen LogP contribution in [0, 0.1) is 6.92 Å². The fourth-order valence-corrected chi connectivity index (χ4v) is 2.95. The van der Waals surface area contributed by atoms with Crippen LogP contribution in [0.1, 0.15) is 55.9 Å². The van der Waals surface area contributed by atoms with Gasteiger partial charge >= 0.3 is 0 Å². The van der Waals surface area contributed by atoms with E-state index in [4.69, 9.17) is 4.52 Å². The Labute approximate surface area is 153 Å². The van der Waals surface area contributed by atoms with Crippen LogP contribution in [0.3, 0.4) is 0 Å². The Kier molecular flexibility index (Phi) is 6.05. The molecule has 1 saturated heterocycles. The first-order valence-corrected chi connectivity index (χ1v) is 8.89. The molecule has 144 valence electrons. The highest BCUT2D eigenvalue weighted by Gasteiger charge is 2.29. The largest absolute Gasteiger partial charge is 0.361 e. The minimum atomic E-state index is -0.309. The third kappa shape index (κ3) is 4.62. The second-order valence-electron chi connectivity index (χ2n) is 7.61. The van der Waals surface area contributed by atoms with Crippen LogP contribution < -0.4 is 5.32 Å². The molecule has 0 saturated carbocycles. The van der Waals surface area contributed by atoms with Crippen LogP contribution in [0.15, 0.2) is 4.52 Å². The minimum absolute atomic E-state index is 0.0217. The van der Waals surface area contributed by atoms with Gasteiger partial charge in [0.05, 0.1) is 0 Å². The number of nitrogens with one attached hydrogen (secondary N) is 1. The molecule has 0 spiro atoms. The summed E-state index contributed by atoms with van der Waals surface area (Å²) >= 11 is 0. The van der Waals surface area contributed by atoms with Gasteiger partial charge in [-0.2, -0.15) is 0 Å². The first-order chi connectivity index (χ1) is 12.1. The predicted molar refractivity (Wildman–Crippen MR) is 95.7 cm³/mol. The van der Waals surface area contributed by atoms with Gasteiger partial charge in [-0.25, -0.2) is 0 Å². The van der Waals surface area contributed by atoms with Gasteiger partial charge in [0.15, 0.2) is 0 Å². The number of rotatable bonds is 4. The Bertz CT molecular complexity index is 682. The van der Waals surface area contributed by atoms with E-state index in [-0.39, 0.29) is 36.1 Å². The molecular formula is C18H28N4O4. The van der Waals surface area contributed by atoms with E-state index in [1.165, 1.54) is 6.92 Å². The highest BCUT2D eigenvalue weighted by Crippen LogP contribution is 2.26. The lowest BCUT2D eigenvalue weighted by molar-refractivity contribution is -0.138. The molecule has 0 unspecified atom stereocenters. The average Bonchev–Trinajstić information content (AvgIpc) is 2.96. The zero-order valence-corrected chi connectivity index (χ0v) is 16.2. The molecule has 0 aromatic carbocycles. The lowest BCUT2D eigenvalue weighted by Crippen LogP contribution is -2.50. The zero-order valence-electron chi connectivity index (χ0n) is 16.2. The van der Waals surface area contributed by atoms with Gasteiger partial charge in [0.2, 0.25) is 11.8 Å². The lowest BCUT2D eigenvalue weighted by Gasteiger charge is -2.34. The second-order valence-corrected chi connectivity index (χ2v) is 7.61. The van der Waals surface area contributed by atoms with E-state index in [0.29, 0.717) is 43.2 Å². The maximum Gasteiger partial charge on any atom is 0.256 e. The molecule has 1 aromatic rings. The zero-order chi connectivity index (χ0) is 19.5. The predicted octanol–water partition coefficient (Wildman–Crippen LogP) is 1.09. The monoisotopic (exact) mass is 364 g/mol. The number of hydrogen-bond donors (Lipinski definition) is 1. The average molecular weight is 364 g/mol. The maximum absolute atomic E-state index is 12.5. The Morgan fingerprint density at radius 1 is 1.12 bits per heavy atom. The minimum Gasteiger partial charge on any atom is -0.361 e. The molecule has 0 aliphatic carbocycles. The van der Waals surface area contributed by atoms with Crippen molar-refractivity contribution in [2.75, 3.05) is 32.7 Å². The van der Waals surface area contributed by atoms with Crippen LogP contribution in [0.25, 0.3) is 0 Å². The van der Waals surface area contributed by atoms with Crippen molar-refractivity contribution in [3.63, 3.8) is 0 Å². The van der Waals surface area contributed by atoms with Crippen molar-refractivity contribution in [3.8, 4) is 0 Å². The summed E-state index contributed by atoms with van der Waals surface area (Å²) < 4.78 is 5.18. The van der Waals surface area contributed by atoms with Crippen molar-refractivity contribution in [3.05, 3.63) is 17.0 Å². The van der Waals surface area contributed by atoms with Crippen LogP contribution in [0.4, 0.5) is 0 Å². The normalized spacial score (nSPS) is 15.1. The van der Waals surface area contributed by atoms with Crippen LogP contribution >= 0.6 is 0 Å². The molecule has 8 nitrogen and oxygen atoms in total. The topological polar surface area (TPSA) is 95.8 Å². The highest BCUT2D eigenvalue weighted by molar-refractivity contribution is 5.96. The van der Waals surface area contributed by atoms with Crippen molar-refractivity contribution >= 4 is 17.7 Å². The van der Waals surface area contributed by atoms with Gasteiger partial charge in [0, 0.05) is 51.5 Å². The molecule has 1 aromatic heterocycles. The molecule has 0 bridgehead atoms. The maximum atomic E-state index is 12.5. The molecule has 8 heteroatoms. The fourth-order valence-electron chi connectivity index (χ4n) is 2.95. The molecule has 1 fully saturated rings. The summed E-state index contributed by atoms with van der Waals surface area (Å²) in [5.41, 5.74) is 0.746. The van der Waals surface area contributed by atoms with Crippen LogP contribution in [-0.2, 0) is 15.0 Å². The SMILES string of the molecule is CC(=O)N1CCN(C(=O)CCNC(=O)c2c(C(C)(C)C)noc2C)CC1. The second kappa shape index (κ2) is 7.88. The molecule has 1 aliphatic heterocycles. The van der Waals surface area contributed by atoms with Gasteiger partial charge in [0.1, 0.15) is 17.0 Å². The van der Waals surface area contributed by atoms with Crippen molar-refractivity contribution in [1.82, 2.24) is 20.3 Å². The third-order valence-corrected chi connectivity index (χ3v) is 4.50. The molecule has 26 heavy (non-hydrogen) atoms. The molecule has 1 N–H and O–H groups in total. The van der Waals surface area contributed by atoms with Crippen LogP contribution in [-0.4, -0.2) is 65.4 Å². The van der Waals surface area contributed by atoms with E-state index >= 15 is 0 Å². The summed E-state index contributed by atoms with van der Waals surface area (Å²) in [6.07, 6.45) is 0.223. The van der Waals surface area contributed by atoms with Crippen LogP contribution in [0.5, 0.6) is 0 Å². The molecule has 2 heterocycles. The fraction of sp³-hybridized carbons (Fsp3) is 0.667. The van der Waals surface area contributed by atoms with E-state index in [1.54, 1.807) is 16.7 Å². The summed E-state index contributed by atoms with van der Waals surface area (Å²) in [6, 6.07) is 0. The van der Waals surface area contributed by atoms with Gasteiger partial charge in [-0.15, -0.1) is 0 Å². The number of hydrogen-bond acceptors (Lipinski definition) is 5. The molecule has 2 rings (SSSR count). The lowest BCUT2D eigenvalue weighted by atomic mass is 9.88. The number of amides is 3. The molecule has 0 radical (unpaired) electrons. The smallest absolute Gasteiger partial charge is 0.256 e. The van der Waals surface area contributed by atoms with E-state index < -0.39 is 0 Å². The van der Waals surface area contributed by atoms with Crippen molar-refractivity contribution < 1.29 is 18.9 Å². The quantitative estimate of drug-likeness (QED) is 0.863. The Morgan fingerprint density at radius 3 is 2.23 bits per heavy atom. The van der Waals surface area contributed by atoms with E-state index in [1.807, 2.05) is 20.8 Å². The van der Waals surface area contributed by atoms with Crippen LogP contribution in [0.2, 0.25) is 0 Å². The third-order valence-electron chi connectivity index (χ3n) is 4.50. The molecule has 0 atom stereocenters. The van der Waals surface area contributed by atoms with E-state index in [0.717, 1.165) is 0 Å². The Balaban J connectivity index is 1.85. The van der Waals surface area contributed by atoms with Crippen molar-refractivity contribution in [2.45, 2.75) is 46.5 Å². The highest BCUT2D eigenvalue weighted by atomic mass is 16.5. The van der Waals surface area contributed by atoms with E-state index in [9.17, 15) is 14.4 Å². The summed E-state index contributed by atoms with van der Waals surface area (Å²) in [6.45, 7) is 11.6. The number of carbonyl (C=O) groups excluding carboxylic acids is 3. The van der Waals surface area contributed by atoms with Gasteiger partial charge in [-0.1, -0.05) is 25.9 Å². The van der Waals surface area contributed by atoms with Crippen molar-refractivity contribution in [2.24, 2.45) is 0 Å². The molecule has 1 aliphatic rings. The summed E-state index contributed by atoms with van der Waals surface area (Å²) in [7, 11) is 0. The van der Waals surface area contributed by atoms with Gasteiger partial charge in [-0.05, 0) is 6.92 Å². The first kappa shape index (κ1) is 19.9.